The van der Waals surface area contributed by atoms with Gasteiger partial charge in [-0.2, -0.15) is 0 Å². The van der Waals surface area contributed by atoms with Gasteiger partial charge in [0.1, 0.15) is 4.49 Å². The summed E-state index contributed by atoms with van der Waals surface area (Å²) in [5, 5.41) is 9.25. The third-order valence-corrected chi connectivity index (χ3v) is 2.19. The van der Waals surface area contributed by atoms with E-state index in [9.17, 15) is 5.11 Å². The highest BCUT2D eigenvalue weighted by Gasteiger charge is 2.38. The van der Waals surface area contributed by atoms with Crippen molar-refractivity contribution in [2.24, 2.45) is 5.41 Å². The van der Waals surface area contributed by atoms with Crippen LogP contribution in [-0.4, -0.2) is 18.0 Å². The Balaban J connectivity index is 3.00. The molecule has 1 atom stereocenters. The predicted octanol–water partition coefficient (Wildman–Crippen LogP) is 2.05. The quantitative estimate of drug-likeness (QED) is 0.643. The predicted molar refractivity (Wildman–Crippen MR) is 44.5 cm³/mol. The van der Waals surface area contributed by atoms with Crippen LogP contribution < -0.4 is 0 Å². The summed E-state index contributed by atoms with van der Waals surface area (Å²) in [7, 11) is 0. The van der Waals surface area contributed by atoms with Crippen LogP contribution in [0.25, 0.3) is 0 Å². The average molecular weight is 197 g/mol. The van der Waals surface area contributed by atoms with E-state index in [0.717, 1.165) is 0 Å². The molecule has 4 heteroatoms. The standard InChI is InChI=1S/C7H10Cl2O2/c1-7(2)3-11-6(10)4(7)5(8)9/h6,10H,3H2,1-2H3. The lowest BCUT2D eigenvalue weighted by Gasteiger charge is -2.17. The van der Waals surface area contributed by atoms with Crippen molar-refractivity contribution in [2.45, 2.75) is 20.1 Å². The highest BCUT2D eigenvalue weighted by atomic mass is 35.5. The van der Waals surface area contributed by atoms with Gasteiger partial charge in [-0.25, -0.2) is 0 Å². The molecule has 2 nitrogen and oxygen atoms in total. The minimum Gasteiger partial charge on any atom is -0.364 e. The fourth-order valence-corrected chi connectivity index (χ4v) is 1.83. The molecule has 0 aromatic rings. The zero-order chi connectivity index (χ0) is 8.65. The van der Waals surface area contributed by atoms with Gasteiger partial charge in [0.05, 0.1) is 6.61 Å². The average Bonchev–Trinajstić information content (AvgIpc) is 2.06. The Morgan fingerprint density at radius 2 is 2.18 bits per heavy atom. The fraction of sp³-hybridized carbons (Fsp3) is 0.714. The Kier molecular flexibility index (Phi) is 2.49. The van der Waals surface area contributed by atoms with Gasteiger partial charge < -0.3 is 9.84 Å². The molecule has 11 heavy (non-hydrogen) atoms. The van der Waals surface area contributed by atoms with E-state index < -0.39 is 6.29 Å². The van der Waals surface area contributed by atoms with Crippen LogP contribution in [0.2, 0.25) is 0 Å². The van der Waals surface area contributed by atoms with Crippen LogP contribution in [0.1, 0.15) is 13.8 Å². The summed E-state index contributed by atoms with van der Waals surface area (Å²) in [4.78, 5) is 0. The Hall–Kier alpha value is 0.240. The van der Waals surface area contributed by atoms with E-state index in [2.05, 4.69) is 0 Å². The van der Waals surface area contributed by atoms with E-state index in [1.165, 1.54) is 0 Å². The van der Waals surface area contributed by atoms with E-state index >= 15 is 0 Å². The maximum atomic E-state index is 9.25. The van der Waals surface area contributed by atoms with E-state index in [-0.39, 0.29) is 9.91 Å². The van der Waals surface area contributed by atoms with Crippen molar-refractivity contribution >= 4 is 23.2 Å². The first-order chi connectivity index (χ1) is 4.95. The Bertz CT molecular complexity index is 195. The van der Waals surface area contributed by atoms with Crippen LogP contribution in [0.15, 0.2) is 10.1 Å². The molecule has 1 rings (SSSR count). The van der Waals surface area contributed by atoms with Crippen molar-refractivity contribution in [3.05, 3.63) is 10.1 Å². The van der Waals surface area contributed by atoms with E-state index in [1.807, 2.05) is 13.8 Å². The summed E-state index contributed by atoms with van der Waals surface area (Å²) < 4.78 is 5.08. The lowest BCUT2D eigenvalue weighted by Crippen LogP contribution is -2.15. The molecule has 0 aromatic heterocycles. The van der Waals surface area contributed by atoms with Crippen molar-refractivity contribution < 1.29 is 9.84 Å². The molecule has 0 aromatic carbocycles. The van der Waals surface area contributed by atoms with Gasteiger partial charge in [-0.3, -0.25) is 0 Å². The minimum atomic E-state index is -0.935. The second-order valence-electron chi connectivity index (χ2n) is 3.22. The van der Waals surface area contributed by atoms with Gasteiger partial charge in [-0.1, -0.05) is 37.0 Å². The molecule has 1 aliphatic heterocycles. The molecule has 0 aliphatic carbocycles. The first-order valence-electron chi connectivity index (χ1n) is 3.30. The molecule has 64 valence electrons. The highest BCUT2D eigenvalue weighted by molar-refractivity contribution is 6.56. The minimum absolute atomic E-state index is 0.111. The van der Waals surface area contributed by atoms with Crippen LogP contribution in [0.3, 0.4) is 0 Å². The van der Waals surface area contributed by atoms with Gasteiger partial charge in [-0.15, -0.1) is 0 Å². The monoisotopic (exact) mass is 196 g/mol. The molecular formula is C7H10Cl2O2. The Labute approximate surface area is 75.7 Å². The van der Waals surface area contributed by atoms with Crippen molar-refractivity contribution in [3.63, 3.8) is 0 Å². The zero-order valence-electron chi connectivity index (χ0n) is 6.40. The lowest BCUT2D eigenvalue weighted by molar-refractivity contribution is -0.0432. The van der Waals surface area contributed by atoms with Gasteiger partial charge in [0.15, 0.2) is 6.29 Å². The van der Waals surface area contributed by atoms with Crippen LogP contribution in [-0.2, 0) is 4.74 Å². The van der Waals surface area contributed by atoms with E-state index in [4.69, 9.17) is 27.9 Å². The molecule has 0 amide bonds. The van der Waals surface area contributed by atoms with E-state index in [1.54, 1.807) is 0 Å². The summed E-state index contributed by atoms with van der Waals surface area (Å²) in [6.45, 7) is 4.29. The van der Waals surface area contributed by atoms with Crippen molar-refractivity contribution in [1.29, 1.82) is 0 Å². The van der Waals surface area contributed by atoms with Crippen molar-refractivity contribution in [3.8, 4) is 0 Å². The molecule has 1 unspecified atom stereocenters. The second kappa shape index (κ2) is 2.94. The SMILES string of the molecule is CC1(C)COC(O)C1=C(Cl)Cl. The number of hydrogen-bond donors (Lipinski definition) is 1. The third kappa shape index (κ3) is 1.70. The second-order valence-corrected chi connectivity index (χ2v) is 4.17. The van der Waals surface area contributed by atoms with Gasteiger partial charge in [0.2, 0.25) is 0 Å². The van der Waals surface area contributed by atoms with Gasteiger partial charge >= 0.3 is 0 Å². The van der Waals surface area contributed by atoms with Gasteiger partial charge in [-0.05, 0) is 0 Å². The first-order valence-corrected chi connectivity index (χ1v) is 4.06. The molecule has 1 N–H and O–H groups in total. The maximum absolute atomic E-state index is 9.25. The van der Waals surface area contributed by atoms with Crippen molar-refractivity contribution in [2.75, 3.05) is 6.61 Å². The van der Waals surface area contributed by atoms with Crippen molar-refractivity contribution in [1.82, 2.24) is 0 Å². The number of aliphatic hydroxyl groups excluding tert-OH is 1. The largest absolute Gasteiger partial charge is 0.364 e. The summed E-state index contributed by atoms with van der Waals surface area (Å²) >= 11 is 11.1. The molecule has 1 fully saturated rings. The summed E-state index contributed by atoms with van der Waals surface area (Å²) in [5.74, 6) is 0. The summed E-state index contributed by atoms with van der Waals surface area (Å²) in [6.07, 6.45) is -0.935. The highest BCUT2D eigenvalue weighted by Crippen LogP contribution is 2.40. The third-order valence-electron chi connectivity index (χ3n) is 1.78. The van der Waals surface area contributed by atoms with Crippen LogP contribution in [0.5, 0.6) is 0 Å². The molecule has 0 spiro atoms. The zero-order valence-corrected chi connectivity index (χ0v) is 7.91. The number of rotatable bonds is 0. The molecule has 0 saturated carbocycles. The summed E-state index contributed by atoms with van der Waals surface area (Å²) in [6, 6.07) is 0. The normalized spacial score (nSPS) is 29.2. The Morgan fingerprint density at radius 3 is 2.36 bits per heavy atom. The number of ether oxygens (including phenoxy) is 1. The lowest BCUT2D eigenvalue weighted by atomic mass is 9.88. The number of halogens is 2. The maximum Gasteiger partial charge on any atom is 0.180 e. The van der Waals surface area contributed by atoms with Gasteiger partial charge in [0, 0.05) is 11.0 Å². The topological polar surface area (TPSA) is 29.5 Å². The number of hydrogen-bond acceptors (Lipinski definition) is 2. The molecule has 0 radical (unpaired) electrons. The smallest absolute Gasteiger partial charge is 0.180 e. The molecule has 1 saturated heterocycles. The Morgan fingerprint density at radius 1 is 1.64 bits per heavy atom. The number of aliphatic hydroxyl groups is 1. The first kappa shape index (κ1) is 9.33. The molecule has 1 aliphatic rings. The van der Waals surface area contributed by atoms with Crippen LogP contribution >= 0.6 is 23.2 Å². The summed E-state index contributed by atoms with van der Waals surface area (Å²) in [5.41, 5.74) is 0.318. The molecular weight excluding hydrogens is 187 g/mol. The fourth-order valence-electron chi connectivity index (χ4n) is 1.13. The van der Waals surface area contributed by atoms with E-state index in [0.29, 0.717) is 12.2 Å². The molecule has 1 heterocycles. The molecule has 0 bridgehead atoms. The van der Waals surface area contributed by atoms with Crippen LogP contribution in [0, 0.1) is 5.41 Å². The van der Waals surface area contributed by atoms with Gasteiger partial charge in [0.25, 0.3) is 0 Å². The van der Waals surface area contributed by atoms with Crippen LogP contribution in [0.4, 0.5) is 0 Å².